The topological polar surface area (TPSA) is 104 Å². The molecule has 0 radical (unpaired) electrons. The summed E-state index contributed by atoms with van der Waals surface area (Å²) in [4.78, 5) is 29.5. The number of nitrogens with zero attached hydrogens (tertiary/aromatic N) is 2. The van der Waals surface area contributed by atoms with Gasteiger partial charge >= 0.3 is 12.2 Å². The van der Waals surface area contributed by atoms with Crippen molar-refractivity contribution in [3.05, 3.63) is 77.9 Å². The lowest BCUT2D eigenvalue weighted by atomic mass is 10.1. The van der Waals surface area contributed by atoms with Crippen LogP contribution in [-0.4, -0.2) is 34.0 Å². The van der Waals surface area contributed by atoms with E-state index in [2.05, 4.69) is 20.0 Å². The van der Waals surface area contributed by atoms with E-state index in [0.29, 0.717) is 29.4 Å². The number of aromatic nitrogens is 1. The molecule has 0 saturated carbocycles. The van der Waals surface area contributed by atoms with Gasteiger partial charge in [-0.25, -0.2) is 9.18 Å². The fraction of sp³-hybridized carbons (Fsp3) is 0.125. The first-order valence-electron chi connectivity index (χ1n) is 10.6. The largest absolute Gasteiger partial charge is 0.416 e. The molecule has 0 spiro atoms. The molecular weight excluding hydrogens is 532 g/mol. The van der Waals surface area contributed by atoms with Gasteiger partial charge in [0.2, 0.25) is 0 Å². The number of hydrogen-bond acceptors (Lipinski definition) is 4. The maximum atomic E-state index is 13.9. The molecule has 4 rings (SSSR count). The lowest BCUT2D eigenvalue weighted by molar-refractivity contribution is -0.137. The molecule has 3 amide bonds. The molecule has 0 fully saturated rings. The number of carbonyl (C=O) groups excluding carboxylic acids is 2. The van der Waals surface area contributed by atoms with Crippen LogP contribution in [-0.2, 0) is 16.3 Å². The van der Waals surface area contributed by atoms with Crippen LogP contribution in [0, 0.1) is 5.82 Å². The van der Waals surface area contributed by atoms with Crippen LogP contribution >= 0.6 is 11.3 Å². The molecule has 0 bridgehead atoms. The molecule has 0 aliphatic rings. The molecule has 37 heavy (non-hydrogen) atoms. The molecule has 13 heteroatoms. The Kier molecular flexibility index (Phi) is 7.13. The van der Waals surface area contributed by atoms with E-state index in [0.717, 1.165) is 15.0 Å². The molecule has 0 atom stereocenters. The molecule has 2 aromatic carbocycles. The Morgan fingerprint density at radius 2 is 1.78 bits per heavy atom. The molecule has 0 aliphatic heterocycles. The van der Waals surface area contributed by atoms with E-state index in [4.69, 9.17) is 0 Å². The fourth-order valence-corrected chi connectivity index (χ4v) is 4.90. The van der Waals surface area contributed by atoms with Crippen molar-refractivity contribution < 1.29 is 31.7 Å². The van der Waals surface area contributed by atoms with E-state index in [1.54, 1.807) is 30.5 Å². The second-order valence-corrected chi connectivity index (χ2v) is 12.3. The number of hydrogen-bond donors (Lipinski definition) is 4. The monoisotopic (exact) mass is 552 g/mol. The highest BCUT2D eigenvalue weighted by molar-refractivity contribution is 7.98. The molecular formula is C24H20F4N4O3S2. The first kappa shape index (κ1) is 26.4. The highest BCUT2D eigenvalue weighted by atomic mass is 32.3. The summed E-state index contributed by atoms with van der Waals surface area (Å²) >= 11 is 1.41. The first-order valence-corrected chi connectivity index (χ1v) is 14.0. The van der Waals surface area contributed by atoms with E-state index in [9.17, 15) is 31.7 Å². The summed E-state index contributed by atoms with van der Waals surface area (Å²) in [7, 11) is -2.66. The van der Waals surface area contributed by atoms with Gasteiger partial charge in [0.15, 0.2) is 0 Å². The van der Waals surface area contributed by atoms with Crippen LogP contribution in [0.3, 0.4) is 0 Å². The highest BCUT2D eigenvalue weighted by Crippen LogP contribution is 2.35. The summed E-state index contributed by atoms with van der Waals surface area (Å²) in [6.07, 6.45) is 1.26. The second kappa shape index (κ2) is 10.00. The standard InChI is InChI=1S/C24H20F4N4O3S2/c1-37(2,35)32-22(33)15-7-14(11-29-12-15)21-9-13-8-17(4-6-20(13)36-21)30-23(34)31-19-10-16(24(26,27)28)3-5-18(19)25/h3-12,37H,1-2H3,(H2,30,31,34)(H,32,33,35). The number of nitrogens with one attached hydrogen (secondary N) is 2. The molecule has 3 N–H and O–H groups in total. The molecule has 194 valence electrons. The summed E-state index contributed by atoms with van der Waals surface area (Å²) in [5.41, 5.74) is -0.475. The van der Waals surface area contributed by atoms with Gasteiger partial charge < -0.3 is 15.2 Å². The van der Waals surface area contributed by atoms with Crippen molar-refractivity contribution in [2.75, 3.05) is 23.1 Å². The Bertz CT molecular complexity index is 1570. The summed E-state index contributed by atoms with van der Waals surface area (Å²) in [5, 5.41) is 5.32. The third-order valence-corrected chi connectivity index (χ3v) is 6.76. The smallest absolute Gasteiger partial charge is 0.345 e. The number of benzene rings is 2. The van der Waals surface area contributed by atoms with E-state index in [-0.39, 0.29) is 5.56 Å². The van der Waals surface area contributed by atoms with Crippen LogP contribution in [0.5, 0.6) is 0 Å². The fourth-order valence-electron chi connectivity index (χ4n) is 3.32. The predicted octanol–water partition coefficient (Wildman–Crippen LogP) is 6.71. The number of alkyl halides is 3. The van der Waals surface area contributed by atoms with Crippen molar-refractivity contribution in [3.63, 3.8) is 0 Å². The van der Waals surface area contributed by atoms with Gasteiger partial charge in [0.05, 0.1) is 16.8 Å². The number of thiophene rings is 1. The number of rotatable bonds is 4. The summed E-state index contributed by atoms with van der Waals surface area (Å²) in [6.45, 7) is 0. The number of anilines is 2. The van der Waals surface area contributed by atoms with Gasteiger partial charge in [-0.2, -0.15) is 17.5 Å². The van der Waals surface area contributed by atoms with Gasteiger partial charge in [-0.15, -0.1) is 21.4 Å². The zero-order chi connectivity index (χ0) is 27.0. The third kappa shape index (κ3) is 6.56. The Labute approximate surface area is 213 Å². The zero-order valence-electron chi connectivity index (χ0n) is 19.3. The van der Waals surface area contributed by atoms with Crippen molar-refractivity contribution in [1.82, 2.24) is 4.98 Å². The quantitative estimate of drug-likeness (QED) is 0.167. The number of amides is 3. The summed E-state index contributed by atoms with van der Waals surface area (Å²) < 4.78 is 67.2. The van der Waals surface area contributed by atoms with E-state index >= 15 is 0 Å². The van der Waals surface area contributed by atoms with Crippen LogP contribution < -0.4 is 10.6 Å². The minimum Gasteiger partial charge on any atom is -0.345 e. The van der Waals surface area contributed by atoms with Crippen molar-refractivity contribution in [1.29, 1.82) is 0 Å². The number of halogens is 4. The second-order valence-electron chi connectivity index (χ2n) is 8.34. The zero-order valence-corrected chi connectivity index (χ0v) is 21.0. The highest BCUT2D eigenvalue weighted by Gasteiger charge is 2.31. The normalized spacial score (nSPS) is 12.3. The van der Waals surface area contributed by atoms with Crippen LogP contribution in [0.1, 0.15) is 15.9 Å². The minimum atomic E-state index is -4.68. The van der Waals surface area contributed by atoms with Crippen molar-refractivity contribution >= 4 is 54.8 Å². The average molecular weight is 553 g/mol. The molecule has 7 nitrogen and oxygen atoms in total. The first-order chi connectivity index (χ1) is 17.3. The number of carbonyl (C=O) groups is 2. The number of pyridine rings is 1. The maximum absolute atomic E-state index is 13.9. The molecule has 2 heterocycles. The maximum Gasteiger partial charge on any atom is 0.416 e. The van der Waals surface area contributed by atoms with Crippen LogP contribution in [0.15, 0.2) is 65.3 Å². The summed E-state index contributed by atoms with van der Waals surface area (Å²) in [6, 6.07) is 9.24. The van der Waals surface area contributed by atoms with Crippen molar-refractivity contribution in [2.45, 2.75) is 6.18 Å². The average Bonchev–Trinajstić information content (AvgIpc) is 3.22. The van der Waals surface area contributed by atoms with Gasteiger partial charge in [-0.3, -0.25) is 9.78 Å². The Morgan fingerprint density at radius 1 is 1.03 bits per heavy atom. The Balaban J connectivity index is 1.53. The molecule has 0 unspecified atom stereocenters. The lowest BCUT2D eigenvalue weighted by Gasteiger charge is -2.12. The molecule has 4 aromatic rings. The van der Waals surface area contributed by atoms with E-state index in [1.807, 2.05) is 6.07 Å². The van der Waals surface area contributed by atoms with E-state index in [1.165, 1.54) is 30.0 Å². The van der Waals surface area contributed by atoms with Crippen LogP contribution in [0.25, 0.3) is 20.5 Å². The predicted molar refractivity (Wildman–Crippen MR) is 139 cm³/mol. The third-order valence-electron chi connectivity index (χ3n) is 4.92. The Morgan fingerprint density at radius 3 is 2.49 bits per heavy atom. The van der Waals surface area contributed by atoms with E-state index < -0.39 is 45.3 Å². The summed E-state index contributed by atoms with van der Waals surface area (Å²) in [5.74, 6) is -1.57. The number of fused-ring (bicyclic) bond motifs is 1. The molecule has 2 aromatic heterocycles. The van der Waals surface area contributed by atoms with Crippen LogP contribution in [0.2, 0.25) is 0 Å². The van der Waals surface area contributed by atoms with Crippen molar-refractivity contribution in [2.24, 2.45) is 4.36 Å². The number of thiol groups is 1. The van der Waals surface area contributed by atoms with Gasteiger partial charge in [-0.05, 0) is 66.4 Å². The van der Waals surface area contributed by atoms with Crippen LogP contribution in [0.4, 0.5) is 33.7 Å². The molecule has 0 aliphatic carbocycles. The number of urea groups is 1. The SMILES string of the molecule is C[SH](C)(O)=NC(=O)c1cncc(-c2cc3cc(NC(=O)Nc4cc(C(F)(F)F)ccc4F)ccc3s2)c1. The Hall–Kier alpha value is -3.68. The van der Waals surface area contributed by atoms with Gasteiger partial charge in [-0.1, -0.05) is 0 Å². The van der Waals surface area contributed by atoms with Gasteiger partial charge in [0.1, 0.15) is 5.82 Å². The van der Waals surface area contributed by atoms with Gasteiger partial charge in [0.25, 0.3) is 5.91 Å². The van der Waals surface area contributed by atoms with Gasteiger partial charge in [0, 0.05) is 33.2 Å². The lowest BCUT2D eigenvalue weighted by Crippen LogP contribution is -2.20. The molecule has 0 saturated heterocycles. The van der Waals surface area contributed by atoms with Crippen molar-refractivity contribution in [3.8, 4) is 10.4 Å². The minimum absolute atomic E-state index is 0.234.